The number of unbranched alkanes of at least 4 members (excludes halogenated alkanes) is 2. The maximum absolute atomic E-state index is 13.7. The van der Waals surface area contributed by atoms with E-state index in [0.717, 1.165) is 50.5 Å². The third-order valence-electron chi connectivity index (χ3n) is 7.49. The van der Waals surface area contributed by atoms with E-state index in [4.69, 9.17) is 28.3 Å². The average Bonchev–Trinajstić information content (AvgIpc) is 3.06. The summed E-state index contributed by atoms with van der Waals surface area (Å²) in [5.41, 5.74) is 1.33. The fraction of sp³-hybridized carbons (Fsp3) is 0.444. The summed E-state index contributed by atoms with van der Waals surface area (Å²) < 4.78 is 0. The SMILES string of the molecule is N#Cc1ccc(CC23CCCCC2(CCCCCC(=O)O)N(c2cc(Cl)cc(Cl)c2)C(=O)N3)cc1. The van der Waals surface area contributed by atoms with Crippen LogP contribution in [0.15, 0.2) is 42.5 Å². The minimum Gasteiger partial charge on any atom is -0.481 e. The van der Waals surface area contributed by atoms with Gasteiger partial charge in [0.1, 0.15) is 0 Å². The van der Waals surface area contributed by atoms with Gasteiger partial charge in [-0.3, -0.25) is 9.69 Å². The first-order valence-electron chi connectivity index (χ1n) is 12.1. The van der Waals surface area contributed by atoms with Crippen molar-refractivity contribution in [1.82, 2.24) is 5.32 Å². The second-order valence-electron chi connectivity index (χ2n) is 9.65. The second kappa shape index (κ2) is 10.5. The van der Waals surface area contributed by atoms with Crippen molar-refractivity contribution in [1.29, 1.82) is 5.26 Å². The van der Waals surface area contributed by atoms with Crippen molar-refractivity contribution in [3.8, 4) is 6.07 Å². The summed E-state index contributed by atoms with van der Waals surface area (Å²) in [7, 11) is 0. The van der Waals surface area contributed by atoms with Gasteiger partial charge in [-0.15, -0.1) is 0 Å². The number of aliphatic carboxylic acids is 1. The molecule has 0 aromatic heterocycles. The number of carboxylic acids is 1. The average molecular weight is 514 g/mol. The minimum atomic E-state index is -0.788. The van der Waals surface area contributed by atoms with Gasteiger partial charge >= 0.3 is 12.0 Å². The highest BCUT2D eigenvalue weighted by Gasteiger charge is 2.63. The Morgan fingerprint density at radius 2 is 1.74 bits per heavy atom. The number of nitrogens with zero attached hydrogens (tertiary/aromatic N) is 2. The van der Waals surface area contributed by atoms with E-state index >= 15 is 0 Å². The van der Waals surface area contributed by atoms with Crippen molar-refractivity contribution in [3.05, 3.63) is 63.6 Å². The molecule has 0 radical (unpaired) electrons. The van der Waals surface area contributed by atoms with E-state index < -0.39 is 17.0 Å². The molecule has 2 aromatic carbocycles. The number of carbonyl (C=O) groups excluding carboxylic acids is 1. The van der Waals surface area contributed by atoms with Crippen molar-refractivity contribution in [2.45, 2.75) is 75.3 Å². The lowest BCUT2D eigenvalue weighted by atomic mass is 9.62. The Morgan fingerprint density at radius 1 is 1.06 bits per heavy atom. The summed E-state index contributed by atoms with van der Waals surface area (Å²) in [5.74, 6) is -0.788. The third-order valence-corrected chi connectivity index (χ3v) is 7.92. The number of carbonyl (C=O) groups is 2. The quantitative estimate of drug-likeness (QED) is 0.363. The standard InChI is InChI=1S/C27H29Cl2N3O3/c28-21-14-22(29)16-23(15-21)32-25(35)31-26(17-19-7-9-20(18-30)10-8-19)11-4-5-13-27(26,32)12-3-1-2-6-24(33)34/h7-10,14-16H,1-6,11-13,17H2,(H,31,35)(H,33,34). The van der Waals surface area contributed by atoms with Gasteiger partial charge in [-0.25, -0.2) is 4.79 Å². The Hall–Kier alpha value is -2.75. The van der Waals surface area contributed by atoms with Crippen LogP contribution in [0, 0.1) is 11.3 Å². The van der Waals surface area contributed by atoms with E-state index in [9.17, 15) is 14.9 Å². The van der Waals surface area contributed by atoms with Crippen LogP contribution in [0.3, 0.4) is 0 Å². The summed E-state index contributed by atoms with van der Waals surface area (Å²) in [6, 6.07) is 14.8. The number of carboxylic acid groups (broad SMARTS) is 1. The summed E-state index contributed by atoms with van der Waals surface area (Å²) >= 11 is 12.7. The molecule has 2 atom stereocenters. The highest BCUT2D eigenvalue weighted by Crippen LogP contribution is 2.52. The van der Waals surface area contributed by atoms with E-state index in [1.165, 1.54) is 0 Å². The first kappa shape index (κ1) is 25.3. The Labute approximate surface area is 215 Å². The Kier molecular flexibility index (Phi) is 7.59. The van der Waals surface area contributed by atoms with Gasteiger partial charge in [0.25, 0.3) is 0 Å². The van der Waals surface area contributed by atoms with Crippen molar-refractivity contribution in [2.24, 2.45) is 0 Å². The fourth-order valence-corrected chi connectivity index (χ4v) is 6.51. The van der Waals surface area contributed by atoms with E-state index in [0.29, 0.717) is 34.1 Å². The summed E-state index contributed by atoms with van der Waals surface area (Å²) in [5, 5.41) is 22.5. The molecule has 1 saturated heterocycles. The predicted molar refractivity (Wildman–Crippen MR) is 137 cm³/mol. The molecule has 1 saturated carbocycles. The molecule has 2 aliphatic rings. The molecule has 1 aliphatic heterocycles. The number of nitriles is 1. The molecule has 2 fully saturated rings. The van der Waals surface area contributed by atoms with Crippen LogP contribution < -0.4 is 10.2 Å². The van der Waals surface area contributed by atoms with Gasteiger partial charge in [-0.05, 0) is 68.0 Å². The number of hydrogen-bond acceptors (Lipinski definition) is 3. The van der Waals surface area contributed by atoms with Crippen molar-refractivity contribution in [2.75, 3.05) is 4.90 Å². The largest absolute Gasteiger partial charge is 0.481 e. The maximum atomic E-state index is 13.7. The molecule has 6 nitrogen and oxygen atoms in total. The topological polar surface area (TPSA) is 93.4 Å². The number of nitrogens with one attached hydrogen (secondary N) is 1. The summed E-state index contributed by atoms with van der Waals surface area (Å²) in [6.45, 7) is 0. The predicted octanol–water partition coefficient (Wildman–Crippen LogP) is 6.72. The van der Waals surface area contributed by atoms with Crippen LogP contribution in [0.25, 0.3) is 0 Å². The maximum Gasteiger partial charge on any atom is 0.323 e. The second-order valence-corrected chi connectivity index (χ2v) is 10.5. The molecular formula is C27H29Cl2N3O3. The number of anilines is 1. The molecule has 0 spiro atoms. The van der Waals surface area contributed by atoms with Crippen molar-refractivity contribution >= 4 is 40.9 Å². The highest BCUT2D eigenvalue weighted by molar-refractivity contribution is 6.35. The molecule has 4 rings (SSSR count). The highest BCUT2D eigenvalue weighted by atomic mass is 35.5. The molecule has 1 heterocycles. The molecule has 2 N–H and O–H groups in total. The van der Waals surface area contributed by atoms with Crippen molar-refractivity contribution in [3.63, 3.8) is 0 Å². The number of fused-ring (bicyclic) bond motifs is 1. The zero-order valence-electron chi connectivity index (χ0n) is 19.5. The van der Waals surface area contributed by atoms with Crippen LogP contribution in [0.2, 0.25) is 10.0 Å². The van der Waals surface area contributed by atoms with Crippen molar-refractivity contribution < 1.29 is 14.7 Å². The third kappa shape index (κ3) is 5.12. The zero-order chi connectivity index (χ0) is 25.1. The van der Waals surface area contributed by atoms with Crippen LogP contribution in [-0.4, -0.2) is 28.2 Å². The number of amides is 2. The van der Waals surface area contributed by atoms with Crippen LogP contribution in [0.1, 0.15) is 68.9 Å². The van der Waals surface area contributed by atoms with E-state index in [1.807, 2.05) is 29.2 Å². The van der Waals surface area contributed by atoms with Gasteiger partial charge in [0, 0.05) is 22.2 Å². The molecule has 2 amide bonds. The van der Waals surface area contributed by atoms with Gasteiger partial charge in [-0.2, -0.15) is 5.26 Å². The van der Waals surface area contributed by atoms with Crippen LogP contribution >= 0.6 is 23.2 Å². The first-order valence-corrected chi connectivity index (χ1v) is 12.8. The molecule has 8 heteroatoms. The molecule has 35 heavy (non-hydrogen) atoms. The van der Waals surface area contributed by atoms with E-state index in [1.54, 1.807) is 18.2 Å². The number of rotatable bonds is 9. The number of hydrogen-bond donors (Lipinski definition) is 2. The zero-order valence-corrected chi connectivity index (χ0v) is 21.0. The van der Waals surface area contributed by atoms with Crippen LogP contribution in [0.5, 0.6) is 0 Å². The molecule has 2 unspecified atom stereocenters. The van der Waals surface area contributed by atoms with Gasteiger partial charge in [0.2, 0.25) is 0 Å². The molecule has 1 aliphatic carbocycles. The Bertz CT molecular complexity index is 1130. The lowest BCUT2D eigenvalue weighted by Crippen LogP contribution is -2.64. The van der Waals surface area contributed by atoms with Gasteiger partial charge in [-0.1, -0.05) is 61.0 Å². The molecule has 2 aromatic rings. The Balaban J connectivity index is 1.73. The normalized spacial score (nSPS) is 23.5. The molecule has 184 valence electrons. The molecular weight excluding hydrogens is 485 g/mol. The lowest BCUT2D eigenvalue weighted by Gasteiger charge is -2.52. The van der Waals surface area contributed by atoms with Crippen LogP contribution in [0.4, 0.5) is 10.5 Å². The van der Waals surface area contributed by atoms with E-state index in [2.05, 4.69) is 11.4 Å². The van der Waals surface area contributed by atoms with Gasteiger partial charge in [0.15, 0.2) is 0 Å². The van der Waals surface area contributed by atoms with E-state index in [-0.39, 0.29) is 12.5 Å². The number of urea groups is 1. The number of halogens is 2. The Morgan fingerprint density at radius 3 is 2.40 bits per heavy atom. The first-order chi connectivity index (χ1) is 16.8. The van der Waals surface area contributed by atoms with Crippen LogP contribution in [-0.2, 0) is 11.2 Å². The lowest BCUT2D eigenvalue weighted by molar-refractivity contribution is -0.137. The minimum absolute atomic E-state index is 0.147. The monoisotopic (exact) mass is 513 g/mol. The smallest absolute Gasteiger partial charge is 0.323 e. The molecule has 0 bridgehead atoms. The summed E-state index contributed by atoms with van der Waals surface area (Å²) in [4.78, 5) is 26.5. The summed E-state index contributed by atoms with van der Waals surface area (Å²) in [6.07, 6.45) is 7.37. The van der Waals surface area contributed by atoms with Gasteiger partial charge < -0.3 is 10.4 Å². The number of benzene rings is 2. The van der Waals surface area contributed by atoms with Gasteiger partial charge in [0.05, 0.1) is 22.7 Å². The fourth-order valence-electron chi connectivity index (χ4n) is 6.00.